The first-order valence-corrected chi connectivity index (χ1v) is 8.36. The second-order valence-electron chi connectivity index (χ2n) is 6.02. The lowest BCUT2D eigenvalue weighted by Crippen LogP contribution is -2.30. The average molecular weight is 336 g/mol. The topological polar surface area (TPSA) is 57.7 Å². The summed E-state index contributed by atoms with van der Waals surface area (Å²) in [6.07, 6.45) is 0. The molecule has 0 saturated carbocycles. The molecular weight excluding hydrogens is 316 g/mol. The molecule has 5 heteroatoms. The summed E-state index contributed by atoms with van der Waals surface area (Å²) in [6, 6.07) is 11.9. The second-order valence-corrected chi connectivity index (χ2v) is 6.02. The third kappa shape index (κ3) is 2.82. The summed E-state index contributed by atoms with van der Waals surface area (Å²) in [5, 5.41) is 0. The highest BCUT2D eigenvalue weighted by Gasteiger charge is 2.37. The summed E-state index contributed by atoms with van der Waals surface area (Å²) in [7, 11) is 0. The zero-order valence-electron chi connectivity index (χ0n) is 14.6. The molecule has 2 aromatic carbocycles. The van der Waals surface area contributed by atoms with Crippen LogP contribution in [0.1, 0.15) is 50.5 Å². The van der Waals surface area contributed by atoms with Crippen LogP contribution < -0.4 is 4.90 Å². The van der Waals surface area contributed by atoms with Gasteiger partial charge in [0.25, 0.3) is 17.7 Å². The van der Waals surface area contributed by atoms with Gasteiger partial charge in [-0.2, -0.15) is 0 Å². The molecule has 3 rings (SSSR count). The van der Waals surface area contributed by atoms with E-state index < -0.39 is 5.91 Å². The molecule has 0 aliphatic carbocycles. The van der Waals surface area contributed by atoms with Crippen LogP contribution in [0.3, 0.4) is 0 Å². The first-order chi connectivity index (χ1) is 12.0. The van der Waals surface area contributed by atoms with Gasteiger partial charge in [0.05, 0.1) is 16.8 Å². The van der Waals surface area contributed by atoms with Gasteiger partial charge in [-0.1, -0.05) is 17.7 Å². The first-order valence-electron chi connectivity index (χ1n) is 8.36. The normalized spacial score (nSPS) is 13.2. The molecule has 0 fully saturated rings. The molecule has 1 aliphatic rings. The van der Waals surface area contributed by atoms with Crippen molar-refractivity contribution >= 4 is 23.4 Å². The summed E-state index contributed by atoms with van der Waals surface area (Å²) < 4.78 is 0. The Bertz CT molecular complexity index is 852. The molecule has 0 saturated heterocycles. The summed E-state index contributed by atoms with van der Waals surface area (Å²) in [5.74, 6) is -0.884. The third-order valence-corrected chi connectivity index (χ3v) is 4.48. The van der Waals surface area contributed by atoms with E-state index in [1.165, 1.54) is 6.07 Å². The Hall–Kier alpha value is -2.95. The van der Waals surface area contributed by atoms with Crippen LogP contribution >= 0.6 is 0 Å². The highest BCUT2D eigenvalue weighted by molar-refractivity contribution is 6.34. The number of benzene rings is 2. The second kappa shape index (κ2) is 6.51. The first kappa shape index (κ1) is 16.9. The van der Waals surface area contributed by atoms with Crippen molar-refractivity contribution in [3.05, 3.63) is 64.7 Å². The van der Waals surface area contributed by atoms with Crippen molar-refractivity contribution < 1.29 is 14.4 Å². The molecule has 1 aliphatic heterocycles. The number of amides is 3. The van der Waals surface area contributed by atoms with Gasteiger partial charge in [0.2, 0.25) is 0 Å². The molecule has 0 atom stereocenters. The smallest absolute Gasteiger partial charge is 0.266 e. The number of fused-ring (bicyclic) bond motifs is 1. The maximum Gasteiger partial charge on any atom is 0.266 e. The molecule has 5 nitrogen and oxygen atoms in total. The van der Waals surface area contributed by atoms with E-state index in [2.05, 4.69) is 0 Å². The predicted octanol–water partition coefficient (Wildman–Crippen LogP) is 3.28. The Labute approximate surface area is 146 Å². The van der Waals surface area contributed by atoms with E-state index in [9.17, 15) is 14.4 Å². The van der Waals surface area contributed by atoms with Gasteiger partial charge < -0.3 is 4.90 Å². The standard InChI is InChI=1S/C20H20N2O3/c1-4-21(5-2)18(23)14-8-11-16-17(12-14)20(25)22(19(16)24)15-9-6-13(3)7-10-15/h6-12H,4-5H2,1-3H3. The van der Waals surface area contributed by atoms with Gasteiger partial charge in [0.1, 0.15) is 0 Å². The quantitative estimate of drug-likeness (QED) is 0.805. The van der Waals surface area contributed by atoms with Gasteiger partial charge in [0, 0.05) is 18.7 Å². The van der Waals surface area contributed by atoms with E-state index in [0.717, 1.165) is 10.5 Å². The molecule has 0 radical (unpaired) electrons. The third-order valence-electron chi connectivity index (χ3n) is 4.48. The zero-order valence-corrected chi connectivity index (χ0v) is 14.6. The number of nitrogens with zero attached hydrogens (tertiary/aromatic N) is 2. The van der Waals surface area contributed by atoms with Crippen LogP contribution in [0.2, 0.25) is 0 Å². The number of imide groups is 1. The highest BCUT2D eigenvalue weighted by Crippen LogP contribution is 2.29. The Kier molecular flexibility index (Phi) is 4.40. The van der Waals surface area contributed by atoms with Crippen LogP contribution in [-0.4, -0.2) is 35.7 Å². The van der Waals surface area contributed by atoms with Crippen LogP contribution in [0.4, 0.5) is 5.69 Å². The van der Waals surface area contributed by atoms with Crippen LogP contribution in [0.5, 0.6) is 0 Å². The van der Waals surface area contributed by atoms with Crippen LogP contribution in [-0.2, 0) is 0 Å². The SMILES string of the molecule is CCN(CC)C(=O)c1ccc2c(c1)C(=O)N(c1ccc(C)cc1)C2=O. The summed E-state index contributed by atoms with van der Waals surface area (Å²) in [4.78, 5) is 40.7. The van der Waals surface area contributed by atoms with Crippen molar-refractivity contribution in [1.29, 1.82) is 0 Å². The number of hydrogen-bond acceptors (Lipinski definition) is 3. The highest BCUT2D eigenvalue weighted by atomic mass is 16.2. The number of carbonyl (C=O) groups excluding carboxylic acids is 3. The molecule has 25 heavy (non-hydrogen) atoms. The fraction of sp³-hybridized carbons (Fsp3) is 0.250. The van der Waals surface area contributed by atoms with Gasteiger partial charge >= 0.3 is 0 Å². The van der Waals surface area contributed by atoms with Gasteiger partial charge in [-0.25, -0.2) is 4.90 Å². The maximum atomic E-state index is 12.8. The fourth-order valence-corrected chi connectivity index (χ4v) is 3.00. The minimum atomic E-state index is -0.391. The Balaban J connectivity index is 1.98. The van der Waals surface area contributed by atoms with Gasteiger partial charge in [0.15, 0.2) is 0 Å². The van der Waals surface area contributed by atoms with Crippen molar-refractivity contribution in [2.24, 2.45) is 0 Å². The predicted molar refractivity (Wildman–Crippen MR) is 96.0 cm³/mol. The van der Waals surface area contributed by atoms with Crippen molar-refractivity contribution in [2.45, 2.75) is 20.8 Å². The van der Waals surface area contributed by atoms with Gasteiger partial charge in [-0.05, 0) is 51.1 Å². The van der Waals surface area contributed by atoms with Crippen molar-refractivity contribution in [2.75, 3.05) is 18.0 Å². The Morgan fingerprint density at radius 3 is 2.12 bits per heavy atom. The van der Waals surface area contributed by atoms with Crippen molar-refractivity contribution in [3.8, 4) is 0 Å². The number of hydrogen-bond donors (Lipinski definition) is 0. The number of anilines is 1. The monoisotopic (exact) mass is 336 g/mol. The van der Waals surface area contributed by atoms with E-state index in [4.69, 9.17) is 0 Å². The molecule has 0 aromatic heterocycles. The van der Waals surface area contributed by atoms with Crippen molar-refractivity contribution in [3.63, 3.8) is 0 Å². The number of aryl methyl sites for hydroxylation is 1. The molecule has 0 N–H and O–H groups in total. The maximum absolute atomic E-state index is 12.8. The van der Waals surface area contributed by atoms with Crippen molar-refractivity contribution in [1.82, 2.24) is 4.90 Å². The molecule has 0 spiro atoms. The Morgan fingerprint density at radius 1 is 0.920 bits per heavy atom. The molecule has 2 aromatic rings. The lowest BCUT2D eigenvalue weighted by molar-refractivity contribution is 0.0772. The summed E-state index contributed by atoms with van der Waals surface area (Å²) in [5.41, 5.74) is 2.63. The minimum absolute atomic E-state index is 0.137. The minimum Gasteiger partial charge on any atom is -0.339 e. The van der Waals surface area contributed by atoms with E-state index in [1.807, 2.05) is 32.9 Å². The molecule has 0 unspecified atom stereocenters. The molecule has 128 valence electrons. The van der Waals surface area contributed by atoms with E-state index in [0.29, 0.717) is 29.9 Å². The average Bonchev–Trinajstić information content (AvgIpc) is 2.87. The largest absolute Gasteiger partial charge is 0.339 e. The number of carbonyl (C=O) groups is 3. The molecule has 1 heterocycles. The van der Waals surface area contributed by atoms with Gasteiger partial charge in [-0.15, -0.1) is 0 Å². The fourth-order valence-electron chi connectivity index (χ4n) is 3.00. The van der Waals surface area contributed by atoms with E-state index in [-0.39, 0.29) is 17.4 Å². The van der Waals surface area contributed by atoms with Crippen LogP contribution in [0.15, 0.2) is 42.5 Å². The lowest BCUT2D eigenvalue weighted by Gasteiger charge is -2.18. The van der Waals surface area contributed by atoms with Crippen LogP contribution in [0.25, 0.3) is 0 Å². The van der Waals surface area contributed by atoms with Gasteiger partial charge in [-0.3, -0.25) is 14.4 Å². The molecular formula is C20H20N2O3. The number of rotatable bonds is 4. The molecule has 0 bridgehead atoms. The summed E-state index contributed by atoms with van der Waals surface area (Å²) in [6.45, 7) is 6.94. The van der Waals surface area contributed by atoms with E-state index >= 15 is 0 Å². The zero-order chi connectivity index (χ0) is 18.1. The molecule has 3 amide bonds. The lowest BCUT2D eigenvalue weighted by atomic mass is 10.0. The Morgan fingerprint density at radius 2 is 1.52 bits per heavy atom. The van der Waals surface area contributed by atoms with E-state index in [1.54, 1.807) is 29.2 Å². The van der Waals surface area contributed by atoms with Crippen LogP contribution in [0, 0.1) is 6.92 Å². The summed E-state index contributed by atoms with van der Waals surface area (Å²) >= 11 is 0.